The molecule has 0 bridgehead atoms. The van der Waals surface area contributed by atoms with Crippen LogP contribution in [-0.4, -0.2) is 30.3 Å². The van der Waals surface area contributed by atoms with Gasteiger partial charge in [-0.3, -0.25) is 4.79 Å². The van der Waals surface area contributed by atoms with Gasteiger partial charge in [-0.15, -0.1) is 0 Å². The van der Waals surface area contributed by atoms with Crippen molar-refractivity contribution in [2.24, 2.45) is 5.73 Å². The first-order chi connectivity index (χ1) is 9.00. The van der Waals surface area contributed by atoms with Crippen molar-refractivity contribution in [2.45, 2.75) is 25.8 Å². The Bertz CT molecular complexity index is 504. The third-order valence-electron chi connectivity index (χ3n) is 3.08. The number of rotatable bonds is 3. The number of nitrogens with two attached hydrogens (primary N) is 1. The molecular formula is C13H16BrNO4. The third kappa shape index (κ3) is 3.01. The van der Waals surface area contributed by atoms with Crippen molar-refractivity contribution in [3.05, 3.63) is 21.7 Å². The Morgan fingerprint density at radius 3 is 2.74 bits per heavy atom. The summed E-state index contributed by atoms with van der Waals surface area (Å²) in [6, 6.07) is 0.932. The molecule has 0 saturated carbocycles. The molecule has 0 saturated heterocycles. The van der Waals surface area contributed by atoms with Crippen LogP contribution in [0.1, 0.15) is 17.5 Å². The maximum atomic E-state index is 10.9. The summed E-state index contributed by atoms with van der Waals surface area (Å²) < 4.78 is 12.1. The minimum Gasteiger partial charge on any atom is -0.489 e. The molecule has 0 aliphatic carbocycles. The van der Waals surface area contributed by atoms with Gasteiger partial charge in [0.25, 0.3) is 0 Å². The van der Waals surface area contributed by atoms with E-state index in [1.54, 1.807) is 0 Å². The predicted molar refractivity (Wildman–Crippen MR) is 73.8 cm³/mol. The van der Waals surface area contributed by atoms with Crippen LogP contribution in [0.4, 0.5) is 0 Å². The zero-order valence-corrected chi connectivity index (χ0v) is 12.2. The van der Waals surface area contributed by atoms with E-state index >= 15 is 0 Å². The van der Waals surface area contributed by atoms with Gasteiger partial charge in [0, 0.05) is 6.42 Å². The molecule has 0 aromatic heterocycles. The fraction of sp³-hybridized carbons (Fsp3) is 0.462. The maximum absolute atomic E-state index is 10.9. The van der Waals surface area contributed by atoms with Gasteiger partial charge in [-0.05, 0) is 46.5 Å². The molecule has 1 aliphatic rings. The number of hydrogen-bond donors (Lipinski definition) is 2. The molecule has 19 heavy (non-hydrogen) atoms. The lowest BCUT2D eigenvalue weighted by molar-refractivity contribution is -0.138. The molecule has 104 valence electrons. The summed E-state index contributed by atoms with van der Waals surface area (Å²) in [5.41, 5.74) is 7.33. The normalized spacial score (nSPS) is 15.7. The van der Waals surface area contributed by atoms with E-state index in [-0.39, 0.29) is 6.42 Å². The number of hydrogen-bond acceptors (Lipinski definition) is 4. The monoisotopic (exact) mass is 329 g/mol. The van der Waals surface area contributed by atoms with Crippen LogP contribution in [0.15, 0.2) is 10.5 Å². The Morgan fingerprint density at radius 2 is 2.11 bits per heavy atom. The largest absolute Gasteiger partial charge is 0.489 e. The number of benzene rings is 1. The second-order valence-electron chi connectivity index (χ2n) is 4.50. The van der Waals surface area contributed by atoms with E-state index in [1.165, 1.54) is 0 Å². The van der Waals surface area contributed by atoms with E-state index in [0.29, 0.717) is 24.7 Å². The van der Waals surface area contributed by atoms with Crippen molar-refractivity contribution < 1.29 is 19.4 Å². The quantitative estimate of drug-likeness (QED) is 0.884. The Morgan fingerprint density at radius 1 is 1.47 bits per heavy atom. The smallest absolute Gasteiger partial charge is 0.320 e. The average molecular weight is 330 g/mol. The molecule has 1 unspecified atom stereocenters. The van der Waals surface area contributed by atoms with E-state index in [0.717, 1.165) is 22.0 Å². The summed E-state index contributed by atoms with van der Waals surface area (Å²) in [6.07, 6.45) is 1.08. The van der Waals surface area contributed by atoms with E-state index < -0.39 is 12.0 Å². The van der Waals surface area contributed by atoms with Crippen LogP contribution in [0.25, 0.3) is 0 Å². The van der Waals surface area contributed by atoms with Crippen LogP contribution in [-0.2, 0) is 11.2 Å². The number of fused-ring (bicyclic) bond motifs is 1. The van der Waals surface area contributed by atoms with Crippen molar-refractivity contribution >= 4 is 21.9 Å². The number of carboxylic acid groups (broad SMARTS) is 1. The summed E-state index contributed by atoms with van der Waals surface area (Å²) in [7, 11) is 0. The van der Waals surface area contributed by atoms with E-state index in [1.807, 2.05) is 13.0 Å². The topological polar surface area (TPSA) is 81.8 Å². The van der Waals surface area contributed by atoms with E-state index in [4.69, 9.17) is 20.3 Å². The van der Waals surface area contributed by atoms with Crippen LogP contribution in [0.5, 0.6) is 11.5 Å². The van der Waals surface area contributed by atoms with Gasteiger partial charge in [0.05, 0.1) is 17.7 Å². The second-order valence-corrected chi connectivity index (χ2v) is 5.35. The molecule has 5 nitrogen and oxygen atoms in total. The first kappa shape index (κ1) is 14.1. The highest BCUT2D eigenvalue weighted by atomic mass is 79.9. The predicted octanol–water partition coefficient (Wildman–Crippen LogP) is 1.87. The SMILES string of the molecule is Cc1c(CC(N)C(=O)O)cc(Br)c2c1OCCCO2. The van der Waals surface area contributed by atoms with E-state index in [2.05, 4.69) is 15.9 Å². The van der Waals surface area contributed by atoms with Crippen LogP contribution in [0.2, 0.25) is 0 Å². The first-order valence-electron chi connectivity index (χ1n) is 6.06. The van der Waals surface area contributed by atoms with Gasteiger partial charge >= 0.3 is 5.97 Å². The number of halogens is 1. The molecule has 0 amide bonds. The van der Waals surface area contributed by atoms with Crippen molar-refractivity contribution in [2.75, 3.05) is 13.2 Å². The summed E-state index contributed by atoms with van der Waals surface area (Å²) in [4.78, 5) is 10.9. The fourth-order valence-corrected chi connectivity index (χ4v) is 2.57. The van der Waals surface area contributed by atoms with Crippen LogP contribution in [0.3, 0.4) is 0 Å². The molecular weight excluding hydrogens is 314 g/mol. The van der Waals surface area contributed by atoms with Gasteiger partial charge in [-0.2, -0.15) is 0 Å². The zero-order chi connectivity index (χ0) is 14.0. The highest BCUT2D eigenvalue weighted by Crippen LogP contribution is 2.41. The molecule has 1 aliphatic heterocycles. The molecule has 0 fully saturated rings. The molecule has 6 heteroatoms. The van der Waals surface area contributed by atoms with Gasteiger partial charge in [0.2, 0.25) is 0 Å². The number of carbonyl (C=O) groups is 1. The number of carboxylic acids is 1. The van der Waals surface area contributed by atoms with Gasteiger partial charge < -0.3 is 20.3 Å². The van der Waals surface area contributed by atoms with Gasteiger partial charge in [-0.25, -0.2) is 0 Å². The molecule has 0 spiro atoms. The lowest BCUT2D eigenvalue weighted by Crippen LogP contribution is -2.32. The van der Waals surface area contributed by atoms with Crippen molar-refractivity contribution in [3.8, 4) is 11.5 Å². The molecule has 2 rings (SSSR count). The van der Waals surface area contributed by atoms with Gasteiger partial charge in [-0.1, -0.05) is 0 Å². The Balaban J connectivity index is 2.38. The maximum Gasteiger partial charge on any atom is 0.320 e. The van der Waals surface area contributed by atoms with Gasteiger partial charge in [0.1, 0.15) is 6.04 Å². The lowest BCUT2D eigenvalue weighted by Gasteiger charge is -2.17. The minimum absolute atomic E-state index is 0.260. The standard InChI is InChI=1S/C13H16BrNO4/c1-7-8(6-10(15)13(16)17)5-9(14)12-11(7)18-3-2-4-19-12/h5,10H,2-4,6,15H2,1H3,(H,16,17). The van der Waals surface area contributed by atoms with Crippen molar-refractivity contribution in [1.82, 2.24) is 0 Å². The lowest BCUT2D eigenvalue weighted by atomic mass is 10.00. The highest BCUT2D eigenvalue weighted by Gasteiger charge is 2.22. The van der Waals surface area contributed by atoms with Crippen LogP contribution >= 0.6 is 15.9 Å². The Labute approximate surface area is 119 Å². The number of aliphatic carboxylic acids is 1. The van der Waals surface area contributed by atoms with E-state index in [9.17, 15) is 4.79 Å². The summed E-state index contributed by atoms with van der Waals surface area (Å²) in [6.45, 7) is 3.09. The molecule has 0 radical (unpaired) electrons. The Hall–Kier alpha value is -1.27. The average Bonchev–Trinajstić information content (AvgIpc) is 2.61. The minimum atomic E-state index is -1.01. The Kier molecular flexibility index (Phi) is 4.31. The molecule has 3 N–H and O–H groups in total. The molecule has 1 aromatic rings. The van der Waals surface area contributed by atoms with Gasteiger partial charge in [0.15, 0.2) is 11.5 Å². The fourth-order valence-electron chi connectivity index (χ4n) is 2.00. The highest BCUT2D eigenvalue weighted by molar-refractivity contribution is 9.10. The second kappa shape index (κ2) is 5.79. The first-order valence-corrected chi connectivity index (χ1v) is 6.86. The summed E-state index contributed by atoms with van der Waals surface area (Å²) in [5, 5.41) is 8.89. The molecule has 1 heterocycles. The summed E-state index contributed by atoms with van der Waals surface area (Å²) in [5.74, 6) is 0.352. The summed E-state index contributed by atoms with van der Waals surface area (Å²) >= 11 is 3.44. The van der Waals surface area contributed by atoms with Crippen molar-refractivity contribution in [3.63, 3.8) is 0 Å². The molecule has 1 aromatic carbocycles. The van der Waals surface area contributed by atoms with Crippen LogP contribution in [0, 0.1) is 6.92 Å². The zero-order valence-electron chi connectivity index (χ0n) is 10.6. The molecule has 1 atom stereocenters. The van der Waals surface area contributed by atoms with Crippen molar-refractivity contribution in [1.29, 1.82) is 0 Å². The third-order valence-corrected chi connectivity index (χ3v) is 3.67. The van der Waals surface area contributed by atoms with Crippen LogP contribution < -0.4 is 15.2 Å². The number of ether oxygens (including phenoxy) is 2.